The van der Waals surface area contributed by atoms with E-state index in [-0.39, 0.29) is 18.8 Å². The van der Waals surface area contributed by atoms with Crippen LogP contribution in [-0.2, 0) is 22.3 Å². The molecule has 3 amide bonds. The first-order valence-electron chi connectivity index (χ1n) is 9.21. The number of carboxylic acid groups (broad SMARTS) is 1. The highest BCUT2D eigenvalue weighted by molar-refractivity contribution is 6.12. The largest absolute Gasteiger partial charge is 0.481 e. The van der Waals surface area contributed by atoms with Crippen molar-refractivity contribution in [3.8, 4) is 5.75 Å². The van der Waals surface area contributed by atoms with Gasteiger partial charge in [-0.3, -0.25) is 14.6 Å². The van der Waals surface area contributed by atoms with E-state index < -0.39 is 36.3 Å². The lowest BCUT2D eigenvalue weighted by Crippen LogP contribution is -2.32. The molecule has 1 heterocycles. The van der Waals surface area contributed by atoms with Gasteiger partial charge in [0.05, 0.1) is 12.1 Å². The van der Waals surface area contributed by atoms with Crippen molar-refractivity contribution in [2.45, 2.75) is 26.6 Å². The highest BCUT2D eigenvalue weighted by Gasteiger charge is 2.37. The molecule has 1 fully saturated rings. The second-order valence-corrected chi connectivity index (χ2v) is 7.13. The molecule has 0 radical (unpaired) electrons. The van der Waals surface area contributed by atoms with Crippen molar-refractivity contribution in [2.75, 3.05) is 18.1 Å². The Balaban J connectivity index is 1.77. The molecule has 0 aromatic heterocycles. The SMILES string of the molecule is Cc1cc(CN2C(=O)CN(c3ccc(C(F)(F)F)cc3)C2=O)cc(C)c1OCC(=O)O. The van der Waals surface area contributed by atoms with Crippen LogP contribution in [0, 0.1) is 13.8 Å². The number of carboxylic acids is 1. The number of amides is 3. The predicted octanol–water partition coefficient (Wildman–Crippen LogP) is 3.75. The van der Waals surface area contributed by atoms with Gasteiger partial charge in [0.2, 0.25) is 0 Å². The van der Waals surface area contributed by atoms with Crippen molar-refractivity contribution < 1.29 is 37.4 Å². The molecule has 1 saturated heterocycles. The number of ether oxygens (including phenoxy) is 1. The summed E-state index contributed by atoms with van der Waals surface area (Å²) in [6.45, 7) is 2.63. The lowest BCUT2D eigenvalue weighted by atomic mass is 10.1. The predicted molar refractivity (Wildman–Crippen MR) is 104 cm³/mol. The highest BCUT2D eigenvalue weighted by Crippen LogP contribution is 2.32. The standard InChI is InChI=1S/C21H19F3N2O5/c1-12-7-14(8-13(2)19(12)31-11-18(28)29)9-26-17(27)10-25(20(26)30)16-5-3-15(4-6-16)21(22,23)24/h3-8H,9-11H2,1-2H3,(H,28,29). The maximum atomic E-state index is 12.7. The van der Waals surface area contributed by atoms with Crippen molar-refractivity contribution in [1.29, 1.82) is 0 Å². The fourth-order valence-corrected chi connectivity index (χ4v) is 3.40. The van der Waals surface area contributed by atoms with Crippen LogP contribution >= 0.6 is 0 Å². The van der Waals surface area contributed by atoms with Crippen LogP contribution in [-0.4, -0.2) is 41.1 Å². The summed E-state index contributed by atoms with van der Waals surface area (Å²) in [7, 11) is 0. The second-order valence-electron chi connectivity index (χ2n) is 7.13. The first-order valence-corrected chi connectivity index (χ1v) is 9.21. The minimum absolute atomic E-state index is 0.0321. The molecule has 7 nitrogen and oxygen atoms in total. The number of anilines is 1. The van der Waals surface area contributed by atoms with Gasteiger partial charge in [0.25, 0.3) is 5.91 Å². The fraction of sp³-hybridized carbons (Fsp3) is 0.286. The van der Waals surface area contributed by atoms with Gasteiger partial charge in [-0.2, -0.15) is 13.2 Å². The Hall–Kier alpha value is -3.56. The van der Waals surface area contributed by atoms with Crippen molar-refractivity contribution in [3.05, 3.63) is 58.7 Å². The van der Waals surface area contributed by atoms with Crippen LogP contribution in [0.3, 0.4) is 0 Å². The molecule has 1 aliphatic rings. The minimum atomic E-state index is -4.49. The maximum absolute atomic E-state index is 12.7. The Kier molecular flexibility index (Phi) is 5.92. The van der Waals surface area contributed by atoms with Gasteiger partial charge >= 0.3 is 18.2 Å². The van der Waals surface area contributed by atoms with Crippen molar-refractivity contribution >= 4 is 23.6 Å². The summed E-state index contributed by atoms with van der Waals surface area (Å²) in [6.07, 6.45) is -4.49. The first-order chi connectivity index (χ1) is 14.5. The zero-order valence-electron chi connectivity index (χ0n) is 16.7. The number of nitrogens with zero attached hydrogens (tertiary/aromatic N) is 2. The Morgan fingerprint density at radius 1 is 1.10 bits per heavy atom. The van der Waals surface area contributed by atoms with Crippen molar-refractivity contribution in [1.82, 2.24) is 4.90 Å². The van der Waals surface area contributed by atoms with E-state index in [0.29, 0.717) is 22.4 Å². The molecule has 0 spiro atoms. The average Bonchev–Trinajstić information content (AvgIpc) is 2.95. The van der Waals surface area contributed by atoms with E-state index in [2.05, 4.69) is 0 Å². The molecule has 0 saturated carbocycles. The quantitative estimate of drug-likeness (QED) is 0.697. The first kappa shape index (κ1) is 22.1. The number of carbonyl (C=O) groups is 3. The topological polar surface area (TPSA) is 87.2 Å². The van der Waals surface area contributed by atoms with Crippen LogP contribution < -0.4 is 9.64 Å². The summed E-state index contributed by atoms with van der Waals surface area (Å²) < 4.78 is 43.5. The number of aliphatic carboxylic acids is 1. The summed E-state index contributed by atoms with van der Waals surface area (Å²) >= 11 is 0. The number of aryl methyl sites for hydroxylation is 2. The normalized spacial score (nSPS) is 14.4. The molecular weight excluding hydrogens is 417 g/mol. The van der Waals surface area contributed by atoms with Gasteiger partial charge in [-0.15, -0.1) is 0 Å². The summed E-state index contributed by atoms with van der Waals surface area (Å²) in [6, 6.07) is 6.76. The van der Waals surface area contributed by atoms with Gasteiger partial charge in [0, 0.05) is 5.69 Å². The van der Waals surface area contributed by atoms with E-state index >= 15 is 0 Å². The molecule has 31 heavy (non-hydrogen) atoms. The van der Waals surface area contributed by atoms with Crippen LogP contribution in [0.4, 0.5) is 23.7 Å². The average molecular weight is 436 g/mol. The third kappa shape index (κ3) is 4.79. The van der Waals surface area contributed by atoms with Gasteiger partial charge < -0.3 is 9.84 Å². The highest BCUT2D eigenvalue weighted by atomic mass is 19.4. The van der Waals surface area contributed by atoms with Gasteiger partial charge in [0.15, 0.2) is 6.61 Å². The Morgan fingerprint density at radius 2 is 1.68 bits per heavy atom. The zero-order chi connectivity index (χ0) is 22.9. The van der Waals surface area contributed by atoms with Crippen LogP contribution in [0.25, 0.3) is 0 Å². The van der Waals surface area contributed by atoms with Gasteiger partial charge in [0.1, 0.15) is 12.3 Å². The monoisotopic (exact) mass is 436 g/mol. The molecule has 2 aromatic rings. The molecule has 1 aliphatic heterocycles. The minimum Gasteiger partial charge on any atom is -0.481 e. The number of halogens is 3. The lowest BCUT2D eigenvalue weighted by Gasteiger charge is -2.19. The maximum Gasteiger partial charge on any atom is 0.416 e. The molecule has 10 heteroatoms. The molecule has 2 aromatic carbocycles. The third-order valence-corrected chi connectivity index (χ3v) is 4.76. The van der Waals surface area contributed by atoms with E-state index in [1.807, 2.05) is 0 Å². The Labute approximate surface area is 175 Å². The summed E-state index contributed by atoms with van der Waals surface area (Å²) in [5.41, 5.74) is 1.28. The second kappa shape index (κ2) is 8.29. The van der Waals surface area contributed by atoms with E-state index in [1.54, 1.807) is 26.0 Å². The van der Waals surface area contributed by atoms with Crippen molar-refractivity contribution in [2.24, 2.45) is 0 Å². The van der Waals surface area contributed by atoms with E-state index in [1.165, 1.54) is 0 Å². The molecule has 3 rings (SSSR count). The molecule has 0 bridgehead atoms. The van der Waals surface area contributed by atoms with Crippen LogP contribution in [0.1, 0.15) is 22.3 Å². The Morgan fingerprint density at radius 3 is 2.19 bits per heavy atom. The molecule has 1 N–H and O–H groups in total. The number of alkyl halides is 3. The number of benzene rings is 2. The van der Waals surface area contributed by atoms with Crippen LogP contribution in [0.15, 0.2) is 36.4 Å². The smallest absolute Gasteiger partial charge is 0.416 e. The van der Waals surface area contributed by atoms with Gasteiger partial charge in [-0.25, -0.2) is 9.59 Å². The number of carbonyl (C=O) groups excluding carboxylic acids is 2. The Bertz CT molecular complexity index is 1010. The summed E-state index contributed by atoms with van der Waals surface area (Å²) in [4.78, 5) is 38.0. The molecule has 0 aliphatic carbocycles. The number of urea groups is 1. The third-order valence-electron chi connectivity index (χ3n) is 4.76. The fourth-order valence-electron chi connectivity index (χ4n) is 3.40. The van der Waals surface area contributed by atoms with E-state index in [4.69, 9.17) is 9.84 Å². The number of imide groups is 1. The van der Waals surface area contributed by atoms with Crippen LogP contribution in [0.5, 0.6) is 5.75 Å². The molecule has 0 atom stereocenters. The zero-order valence-corrected chi connectivity index (χ0v) is 16.7. The lowest BCUT2D eigenvalue weighted by molar-refractivity contribution is -0.139. The molecule has 0 unspecified atom stereocenters. The number of rotatable bonds is 6. The van der Waals surface area contributed by atoms with E-state index in [9.17, 15) is 27.6 Å². The summed E-state index contributed by atoms with van der Waals surface area (Å²) in [5.74, 6) is -1.18. The summed E-state index contributed by atoms with van der Waals surface area (Å²) in [5, 5.41) is 8.77. The molecule has 164 valence electrons. The van der Waals surface area contributed by atoms with E-state index in [0.717, 1.165) is 34.1 Å². The number of hydrogen-bond donors (Lipinski definition) is 1. The number of hydrogen-bond acceptors (Lipinski definition) is 4. The van der Waals surface area contributed by atoms with Crippen molar-refractivity contribution in [3.63, 3.8) is 0 Å². The van der Waals surface area contributed by atoms with Crippen LogP contribution in [0.2, 0.25) is 0 Å². The van der Waals surface area contributed by atoms with Gasteiger partial charge in [-0.05, 0) is 54.8 Å². The molecular formula is C21H19F3N2O5. The van der Waals surface area contributed by atoms with Gasteiger partial charge in [-0.1, -0.05) is 12.1 Å².